The summed E-state index contributed by atoms with van der Waals surface area (Å²) >= 11 is 5.64. The molecule has 2 N–H and O–H groups in total. The molecule has 0 unspecified atom stereocenters. The van der Waals surface area contributed by atoms with E-state index in [0.717, 1.165) is 12.1 Å². The predicted octanol–water partition coefficient (Wildman–Crippen LogP) is 6.19. The fraction of sp³-hybridized carbons (Fsp3) is 0.0417. The number of nitrogens with zero attached hydrogens (tertiary/aromatic N) is 3. The van der Waals surface area contributed by atoms with Crippen LogP contribution in [0.25, 0.3) is 11.0 Å². The maximum atomic E-state index is 15.1. The van der Waals surface area contributed by atoms with Gasteiger partial charge in [-0.1, -0.05) is 17.7 Å². The van der Waals surface area contributed by atoms with Gasteiger partial charge in [0.25, 0.3) is 0 Å². The number of nitrogens with one attached hydrogen (secondary N) is 2. The minimum Gasteiger partial charge on any atom is -0.308 e. The van der Waals surface area contributed by atoms with Gasteiger partial charge in [0.15, 0.2) is 17.3 Å². The summed E-state index contributed by atoms with van der Waals surface area (Å²) in [4.78, 5) is 33.4. The van der Waals surface area contributed by atoms with Crippen LogP contribution in [0, 0.1) is 17.1 Å². The van der Waals surface area contributed by atoms with E-state index >= 15 is 4.39 Å². The van der Waals surface area contributed by atoms with E-state index in [2.05, 4.69) is 20.6 Å². The Morgan fingerprint density at radius 2 is 1.78 bits per heavy atom. The molecule has 0 atom stereocenters. The molecular formula is C24H12ClF4N5O2. The fourth-order valence-corrected chi connectivity index (χ4v) is 3.56. The Morgan fingerprint density at radius 3 is 2.47 bits per heavy atom. The van der Waals surface area contributed by atoms with Gasteiger partial charge in [-0.3, -0.25) is 9.78 Å². The van der Waals surface area contributed by atoms with Crippen molar-refractivity contribution in [3.8, 4) is 6.07 Å². The standard InChI is InChI=1S/C24H12ClF4N5O2/c25-17-9-13(5-6-16(17)24(27,28)29)33-23(36)34-19-3-1-2-15(21(19)26)22(35)12-4-7-18-20(8-12)32-14(10-30)11-31-18/h1-9,11H,(H2,33,34,36). The van der Waals surface area contributed by atoms with Crippen LogP contribution in [-0.4, -0.2) is 21.8 Å². The average molecular weight is 514 g/mol. The van der Waals surface area contributed by atoms with Gasteiger partial charge in [0.05, 0.1) is 39.1 Å². The number of ketones is 1. The Kier molecular flexibility index (Phi) is 6.55. The van der Waals surface area contributed by atoms with Crippen molar-refractivity contribution < 1.29 is 27.2 Å². The Morgan fingerprint density at radius 1 is 1.00 bits per heavy atom. The summed E-state index contributed by atoms with van der Waals surface area (Å²) in [6.07, 6.45) is -3.38. The molecule has 0 fully saturated rings. The van der Waals surface area contributed by atoms with Gasteiger partial charge in [0.1, 0.15) is 6.07 Å². The van der Waals surface area contributed by atoms with Crippen molar-refractivity contribution in [2.75, 3.05) is 10.6 Å². The number of urea groups is 1. The number of amides is 2. The van der Waals surface area contributed by atoms with E-state index in [1.807, 2.05) is 6.07 Å². The number of hydrogen-bond acceptors (Lipinski definition) is 5. The molecule has 4 rings (SSSR count). The highest BCUT2D eigenvalue weighted by atomic mass is 35.5. The smallest absolute Gasteiger partial charge is 0.308 e. The molecule has 7 nitrogen and oxygen atoms in total. The van der Waals surface area contributed by atoms with Crippen molar-refractivity contribution in [1.82, 2.24) is 9.97 Å². The Balaban J connectivity index is 1.55. The van der Waals surface area contributed by atoms with Crippen LogP contribution >= 0.6 is 11.6 Å². The van der Waals surface area contributed by atoms with Crippen molar-refractivity contribution in [2.45, 2.75) is 6.18 Å². The molecule has 0 saturated carbocycles. The van der Waals surface area contributed by atoms with E-state index in [4.69, 9.17) is 16.9 Å². The number of halogens is 5. The minimum atomic E-state index is -4.66. The molecule has 0 aliphatic rings. The zero-order valence-corrected chi connectivity index (χ0v) is 18.6. The molecular weight excluding hydrogens is 502 g/mol. The molecule has 0 aliphatic heterocycles. The van der Waals surface area contributed by atoms with Gasteiger partial charge in [-0.2, -0.15) is 18.4 Å². The number of aromatic nitrogens is 2. The second-order valence-electron chi connectivity index (χ2n) is 7.34. The second kappa shape index (κ2) is 9.59. The fourth-order valence-electron chi connectivity index (χ4n) is 3.27. The van der Waals surface area contributed by atoms with Crippen LogP contribution in [0.5, 0.6) is 0 Å². The Hall–Kier alpha value is -4.56. The SMILES string of the molecule is N#Cc1cnc2ccc(C(=O)c3cccc(NC(=O)Nc4ccc(C(F)(F)F)c(Cl)c4)c3F)cc2n1. The monoisotopic (exact) mass is 513 g/mol. The highest BCUT2D eigenvalue weighted by molar-refractivity contribution is 6.31. The number of carbonyl (C=O) groups excluding carboxylic acids is 2. The number of nitriles is 1. The topological polar surface area (TPSA) is 108 Å². The number of alkyl halides is 3. The molecule has 180 valence electrons. The lowest BCUT2D eigenvalue weighted by atomic mass is 10.0. The van der Waals surface area contributed by atoms with Crippen LogP contribution in [-0.2, 0) is 6.18 Å². The summed E-state index contributed by atoms with van der Waals surface area (Å²) in [5.74, 6) is -1.74. The summed E-state index contributed by atoms with van der Waals surface area (Å²) < 4.78 is 53.6. The number of anilines is 2. The predicted molar refractivity (Wildman–Crippen MR) is 123 cm³/mol. The summed E-state index contributed by atoms with van der Waals surface area (Å²) in [5, 5.41) is 12.8. The van der Waals surface area contributed by atoms with E-state index in [0.29, 0.717) is 11.6 Å². The molecule has 3 aromatic carbocycles. The molecule has 1 heterocycles. The van der Waals surface area contributed by atoms with Gasteiger partial charge < -0.3 is 10.6 Å². The summed E-state index contributed by atoms with van der Waals surface area (Å²) in [7, 11) is 0. The van der Waals surface area contributed by atoms with E-state index in [9.17, 15) is 22.8 Å². The van der Waals surface area contributed by atoms with Gasteiger partial charge in [-0.25, -0.2) is 14.2 Å². The number of carbonyl (C=O) groups is 2. The summed E-state index contributed by atoms with van der Waals surface area (Å²) in [6.45, 7) is 0. The third-order valence-electron chi connectivity index (χ3n) is 4.94. The van der Waals surface area contributed by atoms with Gasteiger partial charge in [0.2, 0.25) is 0 Å². The largest absolute Gasteiger partial charge is 0.417 e. The Bertz CT molecular complexity index is 1570. The van der Waals surface area contributed by atoms with Gasteiger partial charge in [-0.15, -0.1) is 0 Å². The molecule has 0 saturated heterocycles. The summed E-state index contributed by atoms with van der Waals surface area (Å²) in [6, 6.07) is 11.5. The summed E-state index contributed by atoms with van der Waals surface area (Å²) in [5.41, 5.74) is -1.01. The molecule has 2 amide bonds. The first-order chi connectivity index (χ1) is 17.1. The van der Waals surface area contributed by atoms with E-state index in [1.165, 1.54) is 42.6 Å². The van der Waals surface area contributed by atoms with Crippen LogP contribution < -0.4 is 10.6 Å². The maximum Gasteiger partial charge on any atom is 0.417 e. The first-order valence-corrected chi connectivity index (χ1v) is 10.4. The molecule has 36 heavy (non-hydrogen) atoms. The molecule has 0 bridgehead atoms. The molecule has 1 aromatic heterocycles. The second-order valence-corrected chi connectivity index (χ2v) is 7.75. The van der Waals surface area contributed by atoms with Crippen LogP contribution in [0.15, 0.2) is 60.8 Å². The molecule has 12 heteroatoms. The number of benzene rings is 3. The van der Waals surface area contributed by atoms with Crippen LogP contribution in [0.4, 0.5) is 33.7 Å². The molecule has 4 aromatic rings. The molecule has 0 spiro atoms. The molecule has 0 radical (unpaired) electrons. The molecule has 0 aliphatic carbocycles. The first-order valence-electron chi connectivity index (χ1n) is 10.0. The van der Waals surface area contributed by atoms with Gasteiger partial charge in [0, 0.05) is 11.3 Å². The average Bonchev–Trinajstić information content (AvgIpc) is 2.83. The first kappa shape index (κ1) is 24.6. The zero-order valence-electron chi connectivity index (χ0n) is 17.8. The van der Waals surface area contributed by atoms with Crippen molar-refractivity contribution in [2.24, 2.45) is 0 Å². The lowest BCUT2D eigenvalue weighted by Gasteiger charge is -2.13. The van der Waals surface area contributed by atoms with Crippen molar-refractivity contribution in [3.05, 3.63) is 94.0 Å². The van der Waals surface area contributed by atoms with Crippen molar-refractivity contribution in [1.29, 1.82) is 5.26 Å². The van der Waals surface area contributed by atoms with Crippen LogP contribution in [0.2, 0.25) is 5.02 Å². The van der Waals surface area contributed by atoms with Crippen molar-refractivity contribution in [3.63, 3.8) is 0 Å². The highest BCUT2D eigenvalue weighted by Crippen LogP contribution is 2.36. The third-order valence-corrected chi connectivity index (χ3v) is 5.26. The third kappa shape index (κ3) is 5.08. The highest BCUT2D eigenvalue weighted by Gasteiger charge is 2.33. The van der Waals surface area contributed by atoms with Gasteiger partial charge in [-0.05, 0) is 48.5 Å². The minimum absolute atomic E-state index is 0.0461. The van der Waals surface area contributed by atoms with E-state index in [1.54, 1.807) is 0 Å². The van der Waals surface area contributed by atoms with Crippen LogP contribution in [0.3, 0.4) is 0 Å². The lowest BCUT2D eigenvalue weighted by Crippen LogP contribution is -2.21. The normalized spacial score (nSPS) is 11.1. The van der Waals surface area contributed by atoms with E-state index < -0.39 is 34.4 Å². The van der Waals surface area contributed by atoms with Gasteiger partial charge >= 0.3 is 12.2 Å². The quantitative estimate of drug-likeness (QED) is 0.250. The number of rotatable bonds is 4. The van der Waals surface area contributed by atoms with Crippen LogP contribution in [0.1, 0.15) is 27.2 Å². The van der Waals surface area contributed by atoms with E-state index in [-0.39, 0.29) is 33.7 Å². The lowest BCUT2D eigenvalue weighted by molar-refractivity contribution is -0.137. The number of hydrogen-bond donors (Lipinski definition) is 2. The Labute approximate surface area is 205 Å². The zero-order chi connectivity index (χ0) is 26.0. The van der Waals surface area contributed by atoms with Crippen molar-refractivity contribution >= 4 is 45.8 Å². The number of fused-ring (bicyclic) bond motifs is 1. The maximum absolute atomic E-state index is 15.1.